The lowest BCUT2D eigenvalue weighted by molar-refractivity contribution is -0.151. The van der Waals surface area contributed by atoms with E-state index in [0.717, 1.165) is 62.2 Å². The summed E-state index contributed by atoms with van der Waals surface area (Å²) < 4.78 is 7.91. The lowest BCUT2D eigenvalue weighted by atomic mass is 9.76. The van der Waals surface area contributed by atoms with Gasteiger partial charge in [-0.2, -0.15) is 0 Å². The number of piperidine rings is 1. The molecule has 0 saturated carbocycles. The maximum atomic E-state index is 12.7. The molecule has 146 valence electrons. The van der Waals surface area contributed by atoms with Gasteiger partial charge in [-0.05, 0) is 38.1 Å². The number of aromatic amines is 1. The standard InChI is InChI=1S/C21H25N5O2/c27-20-21(6-11-25(12-7-21)10-5-19-22-8-9-23-19)13-16(28-20)14-26-15-24-17-3-1-2-4-18(17)26/h1-4,8-9,15-16H,5-7,10-14H2,(H,22,23). The predicted molar refractivity (Wildman–Crippen MR) is 105 cm³/mol. The van der Waals surface area contributed by atoms with Gasteiger partial charge in [-0.3, -0.25) is 4.79 Å². The summed E-state index contributed by atoms with van der Waals surface area (Å²) in [5, 5.41) is 0. The van der Waals surface area contributed by atoms with Crippen LogP contribution in [-0.2, 0) is 22.5 Å². The summed E-state index contributed by atoms with van der Waals surface area (Å²) in [5.41, 5.74) is 1.76. The van der Waals surface area contributed by atoms with Gasteiger partial charge in [-0.1, -0.05) is 12.1 Å². The predicted octanol–water partition coefficient (Wildman–Crippen LogP) is 2.40. The Morgan fingerprint density at radius 2 is 2.07 bits per heavy atom. The molecule has 2 aliphatic heterocycles. The molecule has 0 amide bonds. The summed E-state index contributed by atoms with van der Waals surface area (Å²) in [6, 6.07) is 8.07. The molecule has 3 aromatic rings. The molecule has 0 radical (unpaired) electrons. The largest absolute Gasteiger partial charge is 0.460 e. The number of cyclic esters (lactones) is 1. The lowest BCUT2D eigenvalue weighted by Gasteiger charge is -2.36. The second-order valence-corrected chi connectivity index (χ2v) is 8.02. The van der Waals surface area contributed by atoms with E-state index in [-0.39, 0.29) is 17.5 Å². The Kier molecular flexibility index (Phi) is 4.39. The number of imidazole rings is 2. The highest BCUT2D eigenvalue weighted by Crippen LogP contribution is 2.43. The Bertz CT molecular complexity index is 956. The molecule has 1 N–H and O–H groups in total. The number of carbonyl (C=O) groups excluding carboxylic acids is 1. The van der Waals surface area contributed by atoms with Crippen molar-refractivity contribution in [3.05, 3.63) is 48.8 Å². The second kappa shape index (κ2) is 7.05. The summed E-state index contributed by atoms with van der Waals surface area (Å²) in [4.78, 5) is 27.0. The van der Waals surface area contributed by atoms with E-state index in [9.17, 15) is 4.79 Å². The van der Waals surface area contributed by atoms with Crippen LogP contribution in [0, 0.1) is 5.41 Å². The number of H-pyrrole nitrogens is 1. The van der Waals surface area contributed by atoms with Crippen LogP contribution in [0.2, 0.25) is 0 Å². The Morgan fingerprint density at radius 1 is 1.21 bits per heavy atom. The molecule has 1 atom stereocenters. The van der Waals surface area contributed by atoms with Gasteiger partial charge < -0.3 is 19.2 Å². The molecule has 7 heteroatoms. The Morgan fingerprint density at radius 3 is 2.89 bits per heavy atom. The fourth-order valence-electron chi connectivity index (χ4n) is 4.63. The number of carbonyl (C=O) groups is 1. The zero-order chi connectivity index (χ0) is 19.0. The summed E-state index contributed by atoms with van der Waals surface area (Å²) in [7, 11) is 0. The summed E-state index contributed by atoms with van der Waals surface area (Å²) in [6.45, 7) is 3.53. The fourth-order valence-corrected chi connectivity index (χ4v) is 4.63. The first-order valence-electron chi connectivity index (χ1n) is 10.0. The van der Waals surface area contributed by atoms with Crippen molar-refractivity contribution in [1.82, 2.24) is 24.4 Å². The van der Waals surface area contributed by atoms with Gasteiger partial charge in [0.1, 0.15) is 11.9 Å². The van der Waals surface area contributed by atoms with Crippen molar-refractivity contribution in [2.75, 3.05) is 19.6 Å². The molecule has 2 aromatic heterocycles. The molecule has 5 rings (SSSR count). The minimum atomic E-state index is -0.303. The van der Waals surface area contributed by atoms with Crippen LogP contribution in [0.5, 0.6) is 0 Å². The van der Waals surface area contributed by atoms with Gasteiger partial charge in [0.2, 0.25) is 0 Å². The van der Waals surface area contributed by atoms with E-state index in [1.165, 1.54) is 0 Å². The molecule has 1 unspecified atom stereocenters. The number of rotatable bonds is 5. The topological polar surface area (TPSA) is 76.0 Å². The molecule has 1 spiro atoms. The smallest absolute Gasteiger partial charge is 0.312 e. The number of aromatic nitrogens is 4. The highest BCUT2D eigenvalue weighted by Gasteiger charge is 2.50. The average molecular weight is 379 g/mol. The van der Waals surface area contributed by atoms with E-state index in [1.54, 1.807) is 6.20 Å². The van der Waals surface area contributed by atoms with Gasteiger partial charge >= 0.3 is 5.97 Å². The van der Waals surface area contributed by atoms with Crippen molar-refractivity contribution >= 4 is 17.0 Å². The minimum Gasteiger partial charge on any atom is -0.460 e. The van der Waals surface area contributed by atoms with Crippen molar-refractivity contribution in [2.24, 2.45) is 5.41 Å². The van der Waals surface area contributed by atoms with Gasteiger partial charge in [0.05, 0.1) is 29.3 Å². The molecular formula is C21H25N5O2. The second-order valence-electron chi connectivity index (χ2n) is 8.02. The first kappa shape index (κ1) is 17.4. The zero-order valence-corrected chi connectivity index (χ0v) is 15.9. The van der Waals surface area contributed by atoms with Gasteiger partial charge in [0, 0.05) is 31.8 Å². The zero-order valence-electron chi connectivity index (χ0n) is 15.9. The van der Waals surface area contributed by atoms with Crippen molar-refractivity contribution in [3.8, 4) is 0 Å². The number of nitrogens with zero attached hydrogens (tertiary/aromatic N) is 4. The molecule has 28 heavy (non-hydrogen) atoms. The van der Waals surface area contributed by atoms with Crippen molar-refractivity contribution < 1.29 is 9.53 Å². The van der Waals surface area contributed by atoms with Crippen LogP contribution >= 0.6 is 0 Å². The number of ether oxygens (including phenoxy) is 1. The lowest BCUT2D eigenvalue weighted by Crippen LogP contribution is -2.43. The van der Waals surface area contributed by atoms with Crippen LogP contribution in [0.15, 0.2) is 43.0 Å². The molecule has 2 aliphatic rings. The van der Waals surface area contributed by atoms with E-state index in [0.29, 0.717) is 6.54 Å². The summed E-state index contributed by atoms with van der Waals surface area (Å²) >= 11 is 0. The maximum absolute atomic E-state index is 12.7. The Labute approximate surface area is 163 Å². The molecular weight excluding hydrogens is 354 g/mol. The monoisotopic (exact) mass is 379 g/mol. The third-order valence-electron chi connectivity index (χ3n) is 6.29. The third kappa shape index (κ3) is 3.20. The molecule has 0 aliphatic carbocycles. The first-order chi connectivity index (χ1) is 13.7. The number of nitrogens with one attached hydrogen (secondary N) is 1. The van der Waals surface area contributed by atoms with Crippen LogP contribution in [0.4, 0.5) is 0 Å². The number of hydrogen-bond donors (Lipinski definition) is 1. The van der Waals surface area contributed by atoms with Crippen molar-refractivity contribution in [3.63, 3.8) is 0 Å². The molecule has 0 bridgehead atoms. The van der Waals surface area contributed by atoms with E-state index in [4.69, 9.17) is 4.74 Å². The van der Waals surface area contributed by atoms with Gasteiger partial charge in [-0.15, -0.1) is 0 Å². The number of benzene rings is 1. The van der Waals surface area contributed by atoms with Crippen LogP contribution < -0.4 is 0 Å². The number of likely N-dealkylation sites (tertiary alicyclic amines) is 1. The number of esters is 1. The molecule has 7 nitrogen and oxygen atoms in total. The third-order valence-corrected chi connectivity index (χ3v) is 6.29. The van der Waals surface area contributed by atoms with Crippen LogP contribution in [0.1, 0.15) is 25.1 Å². The Balaban J connectivity index is 1.19. The van der Waals surface area contributed by atoms with Gasteiger partial charge in [-0.25, -0.2) is 9.97 Å². The molecule has 1 aromatic carbocycles. The highest BCUT2D eigenvalue weighted by atomic mass is 16.6. The molecule has 2 saturated heterocycles. The fraction of sp³-hybridized carbons (Fsp3) is 0.476. The Hall–Kier alpha value is -2.67. The SMILES string of the molecule is O=C1OC(Cn2cnc3ccccc32)CC12CCN(CCc1ncc[nH]1)CC2. The normalized spacial score (nSPS) is 22.1. The number of fused-ring (bicyclic) bond motifs is 1. The summed E-state index contributed by atoms with van der Waals surface area (Å²) in [6.07, 6.45) is 8.92. The van der Waals surface area contributed by atoms with Gasteiger partial charge in [0.25, 0.3) is 0 Å². The van der Waals surface area contributed by atoms with Crippen LogP contribution in [-0.4, -0.2) is 56.1 Å². The van der Waals surface area contributed by atoms with Crippen molar-refractivity contribution in [2.45, 2.75) is 38.3 Å². The molecule has 2 fully saturated rings. The van der Waals surface area contributed by atoms with E-state index in [1.807, 2.05) is 30.7 Å². The molecule has 4 heterocycles. The van der Waals surface area contributed by atoms with Crippen molar-refractivity contribution in [1.29, 1.82) is 0 Å². The maximum Gasteiger partial charge on any atom is 0.312 e. The van der Waals surface area contributed by atoms with Crippen LogP contribution in [0.25, 0.3) is 11.0 Å². The van der Waals surface area contributed by atoms with E-state index >= 15 is 0 Å². The average Bonchev–Trinajstić information content (AvgIpc) is 3.43. The van der Waals surface area contributed by atoms with Crippen LogP contribution in [0.3, 0.4) is 0 Å². The van der Waals surface area contributed by atoms with E-state index < -0.39 is 0 Å². The first-order valence-corrected chi connectivity index (χ1v) is 10.0. The summed E-state index contributed by atoms with van der Waals surface area (Å²) in [5.74, 6) is 1.01. The number of para-hydroxylation sites is 2. The minimum absolute atomic E-state index is 0.00685. The van der Waals surface area contributed by atoms with Gasteiger partial charge in [0.15, 0.2) is 0 Å². The van der Waals surface area contributed by atoms with E-state index in [2.05, 4.69) is 30.5 Å². The quantitative estimate of drug-likeness (QED) is 0.689. The highest BCUT2D eigenvalue weighted by molar-refractivity contribution is 5.79. The number of hydrogen-bond acceptors (Lipinski definition) is 5.